The summed E-state index contributed by atoms with van der Waals surface area (Å²) in [6.07, 6.45) is 15.7. The molecule has 0 aromatic heterocycles. The van der Waals surface area contributed by atoms with Crippen LogP contribution in [0.1, 0.15) is 107 Å². The van der Waals surface area contributed by atoms with Gasteiger partial charge in [0, 0.05) is 0 Å². The first kappa shape index (κ1) is 22.8. The van der Waals surface area contributed by atoms with Gasteiger partial charge in [-0.05, 0) is 34.1 Å². The summed E-state index contributed by atoms with van der Waals surface area (Å²) in [7, 11) is 0. The summed E-state index contributed by atoms with van der Waals surface area (Å²) in [6.45, 7) is 10.9. The molecule has 0 radical (unpaired) electrons. The summed E-state index contributed by atoms with van der Waals surface area (Å²) in [4.78, 5) is 0. The Morgan fingerprint density at radius 1 is 0.800 bits per heavy atom. The van der Waals surface area contributed by atoms with E-state index in [1.54, 1.807) is 0 Å². The Morgan fingerprint density at radius 3 is 1.60 bits per heavy atom. The van der Waals surface area contributed by atoms with E-state index < -0.39 is 0 Å². The molecule has 118 valence electrons. The fourth-order valence-electron chi connectivity index (χ4n) is 2.58. The molecule has 1 unspecified atom stereocenters. The van der Waals surface area contributed by atoms with Gasteiger partial charge in [-0.2, -0.15) is 0 Å². The Kier molecular flexibility index (Phi) is 16.5. The molecule has 0 rings (SSSR count). The summed E-state index contributed by atoms with van der Waals surface area (Å²) in [5, 5.41) is 0. The van der Waals surface area contributed by atoms with Crippen molar-refractivity contribution in [3.8, 4) is 0 Å². The van der Waals surface area contributed by atoms with E-state index in [9.17, 15) is 0 Å². The van der Waals surface area contributed by atoms with Crippen LogP contribution >= 0.6 is 0 Å². The van der Waals surface area contributed by atoms with Crippen molar-refractivity contribution < 1.29 is 25.0 Å². The molecular formula is C18H39LiO. The van der Waals surface area contributed by atoms with E-state index in [0.717, 1.165) is 0 Å². The molecule has 0 heterocycles. The molecule has 0 aliphatic heterocycles. The first-order valence-electron chi connectivity index (χ1n) is 8.63. The van der Waals surface area contributed by atoms with E-state index in [4.69, 9.17) is 4.74 Å². The minimum absolute atomic E-state index is 0. The normalized spacial score (nSPS) is 13.1. The number of hydrogen-bond acceptors (Lipinski definition) is 1. The molecule has 0 saturated heterocycles. The predicted octanol–water partition coefficient (Wildman–Crippen LogP) is 3.62. The standard InChI is InChI=1S/C18H38O.Li.H/c1-6-7-8-9-10-11-12-13-14-15-16-17(2)19-18(3,4)5;;/h17H,6-16H2,1-5H3;;/q;+1;-1. The average Bonchev–Trinajstić information content (AvgIpc) is 2.29. The van der Waals surface area contributed by atoms with Gasteiger partial charge in [0.2, 0.25) is 0 Å². The van der Waals surface area contributed by atoms with E-state index in [1.165, 1.54) is 70.6 Å². The van der Waals surface area contributed by atoms with Gasteiger partial charge in [-0.15, -0.1) is 0 Å². The topological polar surface area (TPSA) is 9.23 Å². The third-order valence-electron chi connectivity index (χ3n) is 3.52. The SMILES string of the molecule is CCCCCCCCCCCCC(C)OC(C)(C)C.[H-].[Li+]. The van der Waals surface area contributed by atoms with E-state index in [2.05, 4.69) is 34.6 Å². The number of unbranched alkanes of at least 4 members (excludes halogenated alkanes) is 9. The maximum absolute atomic E-state index is 5.92. The van der Waals surface area contributed by atoms with E-state index >= 15 is 0 Å². The zero-order chi connectivity index (χ0) is 14.6. The molecule has 0 N–H and O–H groups in total. The number of ether oxygens (including phenoxy) is 1. The van der Waals surface area contributed by atoms with Gasteiger partial charge in [0.25, 0.3) is 0 Å². The largest absolute Gasteiger partial charge is 1.00 e. The molecule has 0 aliphatic rings. The Bertz CT molecular complexity index is 192. The zero-order valence-corrected chi connectivity index (χ0v) is 15.3. The molecule has 2 heteroatoms. The molecule has 0 aromatic carbocycles. The first-order chi connectivity index (χ1) is 8.95. The van der Waals surface area contributed by atoms with Gasteiger partial charge in [0.05, 0.1) is 11.7 Å². The van der Waals surface area contributed by atoms with Crippen LogP contribution in [0.25, 0.3) is 0 Å². The van der Waals surface area contributed by atoms with E-state index in [1.807, 2.05) is 0 Å². The summed E-state index contributed by atoms with van der Waals surface area (Å²) < 4.78 is 5.92. The van der Waals surface area contributed by atoms with Crippen molar-refractivity contribution in [3.05, 3.63) is 0 Å². The van der Waals surface area contributed by atoms with Crippen molar-refractivity contribution >= 4 is 0 Å². The molecule has 0 saturated carbocycles. The quantitative estimate of drug-likeness (QED) is 0.391. The number of rotatable bonds is 12. The van der Waals surface area contributed by atoms with Crippen LogP contribution in [-0.2, 0) is 4.74 Å². The molecular weight excluding hydrogens is 239 g/mol. The van der Waals surface area contributed by atoms with Crippen LogP contribution < -0.4 is 18.9 Å². The van der Waals surface area contributed by atoms with Crippen LogP contribution in [0.15, 0.2) is 0 Å². The molecule has 1 atom stereocenters. The maximum atomic E-state index is 5.92. The fraction of sp³-hybridized carbons (Fsp3) is 1.00. The summed E-state index contributed by atoms with van der Waals surface area (Å²) >= 11 is 0. The fourth-order valence-corrected chi connectivity index (χ4v) is 2.58. The molecule has 0 bridgehead atoms. The second-order valence-electron chi connectivity index (χ2n) is 7.01. The van der Waals surface area contributed by atoms with Crippen molar-refractivity contribution in [3.63, 3.8) is 0 Å². The molecule has 20 heavy (non-hydrogen) atoms. The van der Waals surface area contributed by atoms with Gasteiger partial charge in [0.1, 0.15) is 0 Å². The van der Waals surface area contributed by atoms with Crippen LogP contribution in [0, 0.1) is 0 Å². The predicted molar refractivity (Wildman–Crippen MR) is 87.9 cm³/mol. The van der Waals surface area contributed by atoms with Crippen molar-refractivity contribution in [1.29, 1.82) is 0 Å². The molecule has 0 spiro atoms. The van der Waals surface area contributed by atoms with Gasteiger partial charge in [-0.25, -0.2) is 0 Å². The van der Waals surface area contributed by atoms with Crippen molar-refractivity contribution in [2.75, 3.05) is 0 Å². The van der Waals surface area contributed by atoms with Gasteiger partial charge < -0.3 is 6.16 Å². The Labute approximate surface area is 142 Å². The second-order valence-corrected chi connectivity index (χ2v) is 7.01. The zero-order valence-electron chi connectivity index (χ0n) is 16.3. The van der Waals surface area contributed by atoms with Crippen molar-refractivity contribution in [1.82, 2.24) is 0 Å². The minimum atomic E-state index is 0. The average molecular weight is 278 g/mol. The molecule has 0 amide bonds. The van der Waals surface area contributed by atoms with Gasteiger partial charge in [-0.1, -0.05) is 71.1 Å². The van der Waals surface area contributed by atoms with Crippen LogP contribution in [0.4, 0.5) is 0 Å². The molecule has 0 aliphatic carbocycles. The monoisotopic (exact) mass is 278 g/mol. The van der Waals surface area contributed by atoms with Crippen molar-refractivity contribution in [2.24, 2.45) is 0 Å². The van der Waals surface area contributed by atoms with Crippen LogP contribution in [0.3, 0.4) is 0 Å². The van der Waals surface area contributed by atoms with E-state index in [-0.39, 0.29) is 25.9 Å². The van der Waals surface area contributed by atoms with Gasteiger partial charge in [-0.3, -0.25) is 0 Å². The minimum Gasteiger partial charge on any atom is -1.00 e. The third-order valence-corrected chi connectivity index (χ3v) is 3.52. The summed E-state index contributed by atoms with van der Waals surface area (Å²) in [6, 6.07) is 0. The van der Waals surface area contributed by atoms with Crippen LogP contribution in [0.5, 0.6) is 0 Å². The van der Waals surface area contributed by atoms with Crippen LogP contribution in [0.2, 0.25) is 0 Å². The van der Waals surface area contributed by atoms with Crippen molar-refractivity contribution in [2.45, 2.75) is 117 Å². The van der Waals surface area contributed by atoms with Crippen LogP contribution in [-0.4, -0.2) is 11.7 Å². The smallest absolute Gasteiger partial charge is 1.00 e. The van der Waals surface area contributed by atoms with E-state index in [0.29, 0.717) is 6.10 Å². The second kappa shape index (κ2) is 14.5. The Balaban J connectivity index is -0.00000162. The molecule has 0 aromatic rings. The van der Waals surface area contributed by atoms with Gasteiger partial charge in [0.15, 0.2) is 0 Å². The first-order valence-corrected chi connectivity index (χ1v) is 8.63. The third kappa shape index (κ3) is 18.6. The summed E-state index contributed by atoms with van der Waals surface area (Å²) in [5.41, 5.74) is 0.0118. The molecule has 0 fully saturated rings. The summed E-state index contributed by atoms with van der Waals surface area (Å²) in [5.74, 6) is 0. The Hall–Kier alpha value is 0.557. The molecule has 1 nitrogen and oxygen atoms in total. The number of hydrogen-bond donors (Lipinski definition) is 0. The van der Waals surface area contributed by atoms with Gasteiger partial charge >= 0.3 is 18.9 Å². The maximum Gasteiger partial charge on any atom is 1.00 e. The Morgan fingerprint density at radius 2 is 1.20 bits per heavy atom.